The van der Waals surface area contributed by atoms with E-state index in [0.29, 0.717) is 6.42 Å². The Bertz CT molecular complexity index is 660. The molecule has 1 N–H and O–H groups in total. The second-order valence-corrected chi connectivity index (χ2v) is 6.65. The predicted molar refractivity (Wildman–Crippen MR) is 92.2 cm³/mol. The van der Waals surface area contributed by atoms with Gasteiger partial charge in [-0.15, -0.1) is 0 Å². The lowest BCUT2D eigenvalue weighted by Crippen LogP contribution is -2.30. The molecule has 1 aromatic carbocycles. The number of hydrogen-bond acceptors (Lipinski definition) is 2. The molecule has 0 atom stereocenters. The molecule has 0 aliphatic rings. The summed E-state index contributed by atoms with van der Waals surface area (Å²) >= 11 is 1.77. The van der Waals surface area contributed by atoms with Gasteiger partial charge in [0.15, 0.2) is 0 Å². The largest absolute Gasteiger partial charge is 0.358 e. The highest BCUT2D eigenvalue weighted by Crippen LogP contribution is 2.28. The van der Waals surface area contributed by atoms with E-state index in [0.717, 1.165) is 23.6 Å². The first-order chi connectivity index (χ1) is 9.95. The van der Waals surface area contributed by atoms with Crippen LogP contribution in [0.3, 0.4) is 0 Å². The summed E-state index contributed by atoms with van der Waals surface area (Å²) in [7, 11) is 1.89. The number of thioether (sulfide) groups is 1. The molecule has 2 rings (SSSR count). The minimum absolute atomic E-state index is 0.189. The van der Waals surface area contributed by atoms with Crippen molar-refractivity contribution >= 4 is 28.6 Å². The summed E-state index contributed by atoms with van der Waals surface area (Å²) in [4.78, 5) is 17.7. The molecular weight excluding hydrogens is 280 g/mol. The van der Waals surface area contributed by atoms with Crippen LogP contribution in [0.15, 0.2) is 12.1 Å². The number of aromatic nitrogens is 1. The Balaban J connectivity index is 2.32. The average Bonchev–Trinajstić information content (AvgIpc) is 2.78. The summed E-state index contributed by atoms with van der Waals surface area (Å²) in [6.07, 6.45) is 2.54. The van der Waals surface area contributed by atoms with Gasteiger partial charge in [0.2, 0.25) is 5.91 Å². The fraction of sp³-hybridized carbons (Fsp3) is 0.471. The van der Waals surface area contributed by atoms with E-state index in [1.54, 1.807) is 11.8 Å². The Morgan fingerprint density at radius 3 is 2.57 bits per heavy atom. The molecule has 1 heterocycles. The summed E-state index contributed by atoms with van der Waals surface area (Å²) in [6, 6.07) is 4.26. The van der Waals surface area contributed by atoms with Gasteiger partial charge in [0.25, 0.3) is 0 Å². The van der Waals surface area contributed by atoms with Crippen LogP contribution >= 0.6 is 11.8 Å². The summed E-state index contributed by atoms with van der Waals surface area (Å²) in [6.45, 7) is 7.08. The first-order valence-electron chi connectivity index (χ1n) is 7.26. The zero-order valence-electron chi connectivity index (χ0n) is 13.5. The standard InChI is InChI=1S/C17H24N2OS/c1-11-6-7-12(2)17-16(11)14(13(3)18-17)10-15(20)19(4)8-9-21-5/h6-7,18H,8-10H2,1-5H3. The Labute approximate surface area is 131 Å². The Hall–Kier alpha value is -1.42. The van der Waals surface area contributed by atoms with Gasteiger partial charge in [-0.2, -0.15) is 11.8 Å². The number of aromatic amines is 1. The van der Waals surface area contributed by atoms with Gasteiger partial charge in [-0.3, -0.25) is 4.79 Å². The van der Waals surface area contributed by atoms with Crippen molar-refractivity contribution < 1.29 is 4.79 Å². The summed E-state index contributed by atoms with van der Waals surface area (Å²) in [5.41, 5.74) is 5.88. The van der Waals surface area contributed by atoms with Gasteiger partial charge in [-0.05, 0) is 43.7 Å². The first kappa shape index (κ1) is 16.0. The topological polar surface area (TPSA) is 36.1 Å². The van der Waals surface area contributed by atoms with Gasteiger partial charge in [0, 0.05) is 35.9 Å². The molecule has 21 heavy (non-hydrogen) atoms. The van der Waals surface area contributed by atoms with Crippen LogP contribution in [0, 0.1) is 20.8 Å². The molecule has 0 unspecified atom stereocenters. The fourth-order valence-corrected chi connectivity index (χ4v) is 3.13. The number of nitrogens with zero attached hydrogens (tertiary/aromatic N) is 1. The summed E-state index contributed by atoms with van der Waals surface area (Å²) in [5, 5.41) is 1.22. The molecule has 114 valence electrons. The van der Waals surface area contributed by atoms with Crippen molar-refractivity contribution in [3.63, 3.8) is 0 Å². The van der Waals surface area contributed by atoms with E-state index in [-0.39, 0.29) is 5.91 Å². The predicted octanol–water partition coefficient (Wildman–Crippen LogP) is 3.46. The SMILES string of the molecule is CSCCN(C)C(=O)Cc1c(C)[nH]c2c(C)ccc(C)c12. The molecule has 0 radical (unpaired) electrons. The molecule has 0 saturated carbocycles. The van der Waals surface area contributed by atoms with Crippen molar-refractivity contribution in [3.05, 3.63) is 34.5 Å². The lowest BCUT2D eigenvalue weighted by Gasteiger charge is -2.16. The van der Waals surface area contributed by atoms with Crippen molar-refractivity contribution in [3.8, 4) is 0 Å². The molecule has 0 spiro atoms. The maximum Gasteiger partial charge on any atom is 0.226 e. The molecule has 1 aromatic heterocycles. The third-order valence-electron chi connectivity index (χ3n) is 4.07. The molecule has 0 aliphatic carbocycles. The van der Waals surface area contributed by atoms with Crippen LogP contribution in [0.5, 0.6) is 0 Å². The minimum Gasteiger partial charge on any atom is -0.358 e. The van der Waals surface area contributed by atoms with Crippen molar-refractivity contribution in [1.82, 2.24) is 9.88 Å². The van der Waals surface area contributed by atoms with E-state index >= 15 is 0 Å². The number of aryl methyl sites for hydroxylation is 3. The number of hydrogen-bond donors (Lipinski definition) is 1. The van der Waals surface area contributed by atoms with E-state index in [9.17, 15) is 4.79 Å². The Morgan fingerprint density at radius 1 is 1.24 bits per heavy atom. The molecule has 4 heteroatoms. The van der Waals surface area contributed by atoms with Gasteiger partial charge in [-0.25, -0.2) is 0 Å². The zero-order valence-corrected chi connectivity index (χ0v) is 14.4. The molecule has 3 nitrogen and oxygen atoms in total. The molecule has 2 aromatic rings. The third kappa shape index (κ3) is 3.26. The lowest BCUT2D eigenvalue weighted by molar-refractivity contribution is -0.128. The monoisotopic (exact) mass is 304 g/mol. The fourth-order valence-electron chi connectivity index (χ4n) is 2.67. The molecule has 0 fully saturated rings. The van der Waals surface area contributed by atoms with Crippen LogP contribution < -0.4 is 0 Å². The van der Waals surface area contributed by atoms with Crippen LogP contribution in [-0.2, 0) is 11.2 Å². The number of amides is 1. The van der Waals surface area contributed by atoms with E-state index < -0.39 is 0 Å². The van der Waals surface area contributed by atoms with Gasteiger partial charge >= 0.3 is 0 Å². The van der Waals surface area contributed by atoms with E-state index in [2.05, 4.69) is 44.1 Å². The van der Waals surface area contributed by atoms with Crippen molar-refractivity contribution in [2.75, 3.05) is 25.6 Å². The van der Waals surface area contributed by atoms with Crippen LogP contribution in [0.25, 0.3) is 10.9 Å². The number of H-pyrrole nitrogens is 1. The van der Waals surface area contributed by atoms with Gasteiger partial charge in [-0.1, -0.05) is 12.1 Å². The van der Waals surface area contributed by atoms with E-state index in [1.165, 1.54) is 22.0 Å². The van der Waals surface area contributed by atoms with Crippen LogP contribution in [0.4, 0.5) is 0 Å². The number of likely N-dealkylation sites (N-methyl/N-ethyl adjacent to an activating group) is 1. The molecule has 0 aliphatic heterocycles. The zero-order chi connectivity index (χ0) is 15.6. The van der Waals surface area contributed by atoms with Gasteiger partial charge in [0.05, 0.1) is 6.42 Å². The maximum absolute atomic E-state index is 12.4. The quantitative estimate of drug-likeness (QED) is 0.918. The highest BCUT2D eigenvalue weighted by Gasteiger charge is 2.17. The van der Waals surface area contributed by atoms with E-state index in [1.807, 2.05) is 11.9 Å². The molecule has 1 amide bonds. The highest BCUT2D eigenvalue weighted by molar-refractivity contribution is 7.98. The maximum atomic E-state index is 12.4. The van der Waals surface area contributed by atoms with Crippen molar-refractivity contribution in [1.29, 1.82) is 0 Å². The number of carbonyl (C=O) groups is 1. The van der Waals surface area contributed by atoms with Crippen molar-refractivity contribution in [2.24, 2.45) is 0 Å². The van der Waals surface area contributed by atoms with Crippen LogP contribution in [-0.4, -0.2) is 41.4 Å². The minimum atomic E-state index is 0.189. The molecule has 0 saturated heterocycles. The number of fused-ring (bicyclic) bond motifs is 1. The smallest absolute Gasteiger partial charge is 0.226 e. The van der Waals surface area contributed by atoms with Crippen molar-refractivity contribution in [2.45, 2.75) is 27.2 Å². The summed E-state index contributed by atoms with van der Waals surface area (Å²) < 4.78 is 0. The average molecular weight is 304 g/mol. The normalized spacial score (nSPS) is 11.1. The second kappa shape index (κ2) is 6.56. The third-order valence-corrected chi connectivity index (χ3v) is 4.66. The first-order valence-corrected chi connectivity index (χ1v) is 8.65. The Kier molecular flexibility index (Phi) is 4.99. The lowest BCUT2D eigenvalue weighted by atomic mass is 10.0. The number of carbonyl (C=O) groups excluding carboxylic acids is 1. The molecular formula is C17H24N2OS. The highest BCUT2D eigenvalue weighted by atomic mass is 32.2. The number of nitrogens with one attached hydrogen (secondary N) is 1. The van der Waals surface area contributed by atoms with Crippen LogP contribution in [0.2, 0.25) is 0 Å². The number of rotatable bonds is 5. The van der Waals surface area contributed by atoms with Crippen LogP contribution in [0.1, 0.15) is 22.4 Å². The van der Waals surface area contributed by atoms with E-state index in [4.69, 9.17) is 0 Å². The van der Waals surface area contributed by atoms with Gasteiger partial charge < -0.3 is 9.88 Å². The summed E-state index contributed by atoms with van der Waals surface area (Å²) in [5.74, 6) is 1.17. The Morgan fingerprint density at radius 2 is 1.90 bits per heavy atom. The second-order valence-electron chi connectivity index (χ2n) is 5.66. The molecule has 0 bridgehead atoms. The number of benzene rings is 1. The van der Waals surface area contributed by atoms with Gasteiger partial charge in [0.1, 0.15) is 0 Å².